The molecule has 0 aliphatic carbocycles. The molecule has 1 radical (unpaired) electrons. The van der Waals surface area contributed by atoms with Crippen molar-refractivity contribution in [2.45, 2.75) is 58.2 Å². The third-order valence-corrected chi connectivity index (χ3v) is 14.1. The first-order valence-electron chi connectivity index (χ1n) is 12.4. The van der Waals surface area contributed by atoms with Crippen molar-refractivity contribution < 1.29 is 24.1 Å². The number of ether oxygens (including phenoxy) is 3. The molecule has 1 aromatic heterocycles. The van der Waals surface area contributed by atoms with Crippen LogP contribution in [0.1, 0.15) is 52.0 Å². The van der Waals surface area contributed by atoms with E-state index in [2.05, 4.69) is 52.0 Å². The number of methoxy groups -OCH3 is 3. The third kappa shape index (κ3) is 4.52. The summed E-state index contributed by atoms with van der Waals surface area (Å²) < 4.78 is 18.7. The van der Waals surface area contributed by atoms with E-state index >= 15 is 0 Å². The van der Waals surface area contributed by atoms with Crippen LogP contribution in [0.2, 0.25) is 16.6 Å². The van der Waals surface area contributed by atoms with Crippen LogP contribution >= 0.6 is 0 Å². The zero-order chi connectivity index (χ0) is 26.8. The van der Waals surface area contributed by atoms with Crippen LogP contribution in [-0.4, -0.2) is 39.8 Å². The SMILES string of the molecule is COC(=O)c1c(-c2ccc([O])cc2)c(-c2ccc(OC)c(OC)c2)cn1[Si](C(C)C)(C(C)C)C(C)C. The van der Waals surface area contributed by atoms with Gasteiger partial charge in [0.15, 0.2) is 25.5 Å². The van der Waals surface area contributed by atoms with Crippen molar-refractivity contribution in [3.8, 4) is 39.5 Å². The summed E-state index contributed by atoms with van der Waals surface area (Å²) in [6.07, 6.45) is 2.13. The minimum Gasteiger partial charge on any atom is -0.493 e. The van der Waals surface area contributed by atoms with Crippen LogP contribution in [0.4, 0.5) is 0 Å². The van der Waals surface area contributed by atoms with E-state index in [0.717, 1.165) is 22.3 Å². The number of nitrogens with zero attached hydrogens (tertiary/aromatic N) is 1. The predicted octanol–water partition coefficient (Wildman–Crippen LogP) is 7.79. The Labute approximate surface area is 215 Å². The number of rotatable bonds is 9. The van der Waals surface area contributed by atoms with Crippen molar-refractivity contribution in [1.82, 2.24) is 4.23 Å². The molecule has 3 aromatic rings. The summed E-state index contributed by atoms with van der Waals surface area (Å²) in [4.78, 5) is 13.6. The molecule has 0 fully saturated rings. The summed E-state index contributed by atoms with van der Waals surface area (Å²) in [5.74, 6) is 0.757. The van der Waals surface area contributed by atoms with Gasteiger partial charge in [0, 0.05) is 17.3 Å². The Kier molecular flexibility index (Phi) is 8.24. The minimum absolute atomic E-state index is 0.0827. The van der Waals surface area contributed by atoms with Crippen molar-refractivity contribution in [3.63, 3.8) is 0 Å². The lowest BCUT2D eigenvalue weighted by molar-refractivity contribution is 0.0593. The van der Waals surface area contributed by atoms with E-state index in [1.807, 2.05) is 18.2 Å². The second-order valence-corrected chi connectivity index (χ2v) is 15.8. The lowest BCUT2D eigenvalue weighted by Gasteiger charge is -2.44. The number of carbonyl (C=O) groups excluding carboxylic acids is 1. The molecule has 3 rings (SSSR count). The van der Waals surface area contributed by atoms with Gasteiger partial charge in [-0.1, -0.05) is 59.7 Å². The van der Waals surface area contributed by atoms with E-state index in [9.17, 15) is 9.90 Å². The van der Waals surface area contributed by atoms with E-state index < -0.39 is 8.24 Å². The van der Waals surface area contributed by atoms with Gasteiger partial charge in [-0.25, -0.2) is 4.79 Å². The van der Waals surface area contributed by atoms with Crippen molar-refractivity contribution in [1.29, 1.82) is 0 Å². The highest BCUT2D eigenvalue weighted by Gasteiger charge is 2.48. The number of carbonyl (C=O) groups is 1. The van der Waals surface area contributed by atoms with Crippen LogP contribution in [-0.2, 0) is 9.84 Å². The zero-order valence-corrected chi connectivity index (χ0v) is 23.8. The minimum atomic E-state index is -2.36. The first kappa shape index (κ1) is 27.4. The fourth-order valence-corrected chi connectivity index (χ4v) is 12.7. The van der Waals surface area contributed by atoms with Crippen molar-refractivity contribution >= 4 is 14.2 Å². The molecule has 36 heavy (non-hydrogen) atoms. The lowest BCUT2D eigenvalue weighted by Crippen LogP contribution is -2.52. The average Bonchev–Trinajstić information content (AvgIpc) is 3.23. The quantitative estimate of drug-likeness (QED) is 0.218. The monoisotopic (exact) mass is 508 g/mol. The van der Waals surface area contributed by atoms with Gasteiger partial charge in [0.05, 0.1) is 21.3 Å². The smallest absolute Gasteiger partial charge is 0.354 e. The fraction of sp³-hybridized carbons (Fsp3) is 0.414. The second kappa shape index (κ2) is 10.8. The number of hydrogen-bond donors (Lipinski definition) is 0. The highest BCUT2D eigenvalue weighted by molar-refractivity contribution is 6.82. The predicted molar refractivity (Wildman–Crippen MR) is 146 cm³/mol. The zero-order valence-electron chi connectivity index (χ0n) is 22.8. The molecule has 1 heterocycles. The molecule has 0 aliphatic rings. The molecule has 6 nitrogen and oxygen atoms in total. The Morgan fingerprint density at radius 2 is 1.31 bits per heavy atom. The molecule has 0 saturated carbocycles. The summed E-state index contributed by atoms with van der Waals surface area (Å²) in [5.41, 5.74) is 4.90. The largest absolute Gasteiger partial charge is 0.493 e. The first-order chi connectivity index (χ1) is 17.0. The van der Waals surface area contributed by atoms with Crippen LogP contribution in [0.3, 0.4) is 0 Å². The molecule has 0 aliphatic heterocycles. The fourth-order valence-electron chi connectivity index (χ4n) is 6.08. The van der Waals surface area contributed by atoms with Crippen molar-refractivity contribution in [2.24, 2.45) is 0 Å². The topological polar surface area (TPSA) is 69.6 Å². The van der Waals surface area contributed by atoms with Gasteiger partial charge < -0.3 is 18.4 Å². The van der Waals surface area contributed by atoms with Gasteiger partial charge in [-0.2, -0.15) is 0 Å². The van der Waals surface area contributed by atoms with Gasteiger partial charge in [0.2, 0.25) is 0 Å². The maximum Gasteiger partial charge on any atom is 0.354 e. The molecule has 0 N–H and O–H groups in total. The van der Waals surface area contributed by atoms with Gasteiger partial charge in [-0.05, 0) is 52.0 Å². The number of hydrogen-bond acceptors (Lipinski definition) is 4. The van der Waals surface area contributed by atoms with Crippen molar-refractivity contribution in [2.75, 3.05) is 21.3 Å². The molecule has 0 amide bonds. The van der Waals surface area contributed by atoms with Crippen LogP contribution in [0.25, 0.3) is 22.3 Å². The molecule has 0 saturated heterocycles. The molecule has 0 atom stereocenters. The lowest BCUT2D eigenvalue weighted by atomic mass is 9.96. The van der Waals surface area contributed by atoms with Crippen LogP contribution in [0, 0.1) is 0 Å². The maximum atomic E-state index is 13.6. The molecule has 0 spiro atoms. The van der Waals surface area contributed by atoms with Gasteiger partial charge in [0.25, 0.3) is 0 Å². The maximum absolute atomic E-state index is 13.6. The molecule has 193 valence electrons. The van der Waals surface area contributed by atoms with E-state index in [4.69, 9.17) is 14.2 Å². The second-order valence-electron chi connectivity index (χ2n) is 10.1. The summed E-state index contributed by atoms with van der Waals surface area (Å²) in [6, 6.07) is 12.4. The van der Waals surface area contributed by atoms with E-state index in [0.29, 0.717) is 33.8 Å². The van der Waals surface area contributed by atoms with Crippen LogP contribution in [0.15, 0.2) is 48.7 Å². The van der Waals surface area contributed by atoms with E-state index in [1.165, 1.54) is 19.2 Å². The normalized spacial score (nSPS) is 11.9. The highest BCUT2D eigenvalue weighted by atomic mass is 28.3. The number of benzene rings is 2. The Balaban J connectivity index is 2.53. The van der Waals surface area contributed by atoms with Gasteiger partial charge in [-0.3, -0.25) is 5.11 Å². The van der Waals surface area contributed by atoms with Crippen LogP contribution < -0.4 is 9.47 Å². The van der Waals surface area contributed by atoms with Gasteiger partial charge in [0.1, 0.15) is 5.69 Å². The molecule has 0 unspecified atom stereocenters. The average molecular weight is 509 g/mol. The Morgan fingerprint density at radius 3 is 1.78 bits per heavy atom. The molecule has 2 aromatic carbocycles. The molecular formula is C29H38NO5Si. The summed E-state index contributed by atoms with van der Waals surface area (Å²) >= 11 is 0. The summed E-state index contributed by atoms with van der Waals surface area (Å²) in [6.45, 7) is 13.6. The Bertz CT molecular complexity index is 1190. The van der Waals surface area contributed by atoms with E-state index in [1.54, 1.807) is 26.4 Å². The molecular weight excluding hydrogens is 470 g/mol. The van der Waals surface area contributed by atoms with Gasteiger partial charge in [-0.15, -0.1) is 0 Å². The summed E-state index contributed by atoms with van der Waals surface area (Å²) in [7, 11) is 2.27. The van der Waals surface area contributed by atoms with Crippen molar-refractivity contribution in [3.05, 3.63) is 54.4 Å². The standard InChI is InChI=1S/C29H38NO5Si/c1-18(2)36(19(3)4,20(5)6)30-17-24(22-12-15-25(33-7)26(16-22)34-8)27(28(30)29(32)35-9)21-10-13-23(31)14-11-21/h10-20H,1-9H3. The molecule has 0 bridgehead atoms. The molecule has 7 heteroatoms. The third-order valence-electron chi connectivity index (χ3n) is 7.41. The van der Waals surface area contributed by atoms with Gasteiger partial charge >= 0.3 is 5.97 Å². The highest BCUT2D eigenvalue weighted by Crippen LogP contribution is 2.48. The number of esters is 1. The summed E-state index contributed by atoms with van der Waals surface area (Å²) in [5, 5.41) is 11.9. The number of aromatic nitrogens is 1. The Hall–Kier alpha value is -3.19. The van der Waals surface area contributed by atoms with Crippen LogP contribution in [0.5, 0.6) is 17.2 Å². The first-order valence-corrected chi connectivity index (χ1v) is 14.6. The van der Waals surface area contributed by atoms with E-state index in [-0.39, 0.29) is 11.7 Å². The Morgan fingerprint density at radius 1 is 0.778 bits per heavy atom.